The maximum Gasteiger partial charge on any atom is 0.120 e. The van der Waals surface area contributed by atoms with Crippen molar-refractivity contribution in [3.05, 3.63) is 71.3 Å². The van der Waals surface area contributed by atoms with Crippen LogP contribution in [-0.2, 0) is 13.5 Å². The summed E-state index contributed by atoms with van der Waals surface area (Å²) < 4.78 is 3.62. The van der Waals surface area contributed by atoms with Crippen LogP contribution in [0, 0.1) is 0 Å². The van der Waals surface area contributed by atoms with Gasteiger partial charge in [0.15, 0.2) is 0 Å². The van der Waals surface area contributed by atoms with Gasteiger partial charge in [-0.1, -0.05) is 0 Å². The summed E-state index contributed by atoms with van der Waals surface area (Å²) in [7, 11) is 0. The first-order chi connectivity index (χ1) is 13.7. The summed E-state index contributed by atoms with van der Waals surface area (Å²) in [5.41, 5.74) is 6.69. The lowest BCUT2D eigenvalue weighted by molar-refractivity contribution is 0.219. The molecule has 5 heterocycles. The van der Waals surface area contributed by atoms with E-state index in [1.54, 1.807) is 0 Å². The quantitative estimate of drug-likeness (QED) is 0.499. The Morgan fingerprint density at radius 3 is 1.07 bits per heavy atom. The highest BCUT2D eigenvalue weighted by molar-refractivity contribution is 5.78. The van der Waals surface area contributed by atoms with Crippen LogP contribution in [0.3, 0.4) is 0 Å². The summed E-state index contributed by atoms with van der Waals surface area (Å²) in [6.45, 7) is -0.259. The normalized spacial score (nSPS) is 12.6. The fourth-order valence-corrected chi connectivity index (χ4v) is 3.55. The summed E-state index contributed by atoms with van der Waals surface area (Å²) in [5.74, 6) is 0. The van der Waals surface area contributed by atoms with Crippen LogP contribution in [-0.4, -0.2) is 29.3 Å². The van der Waals surface area contributed by atoms with E-state index in [2.05, 4.69) is 9.97 Å². The molecule has 0 saturated carbocycles. The van der Waals surface area contributed by atoms with Crippen LogP contribution in [0.5, 0.6) is 0 Å². The lowest BCUT2D eigenvalue weighted by atomic mass is 10.3. The maximum absolute atomic E-state index is 9.85. The van der Waals surface area contributed by atoms with Crippen molar-refractivity contribution in [3.8, 4) is 0 Å². The van der Waals surface area contributed by atoms with Gasteiger partial charge < -0.3 is 19.3 Å². The molecular formula is C22H18N4O2. The molecule has 5 rings (SSSR count). The van der Waals surface area contributed by atoms with Crippen molar-refractivity contribution in [3.63, 3.8) is 0 Å². The molecule has 0 radical (unpaired) electrons. The number of nitrogens with zero attached hydrogens (tertiary/aromatic N) is 4. The molecule has 3 aromatic heterocycles. The van der Waals surface area contributed by atoms with Gasteiger partial charge in [0.2, 0.25) is 0 Å². The molecule has 6 heteroatoms. The van der Waals surface area contributed by atoms with E-state index in [0.717, 1.165) is 44.8 Å². The molecule has 3 aromatic rings. The van der Waals surface area contributed by atoms with Gasteiger partial charge in [-0.05, 0) is 72.8 Å². The SMILES string of the molecule is OCn1c2ccc1cc1nc(cc3ccc(cc4nc(c2)C=C4)n3CO)C=C1. The van der Waals surface area contributed by atoms with Gasteiger partial charge in [0.1, 0.15) is 13.5 Å². The maximum atomic E-state index is 9.85. The standard InChI is InChI=1S/C22H18N4O2/c27-13-25-19-5-6-21(25)11-17-3-4-18(24-17)12-22-8-7-20(26(22)14-28)10-16-2-1-15(9-19)23-16/h1-12,27-28H,13-14H2. The molecule has 0 saturated heterocycles. The first-order valence-electron chi connectivity index (χ1n) is 9.01. The number of hydrogen-bond acceptors (Lipinski definition) is 4. The Hall–Kier alpha value is -3.48. The first kappa shape index (κ1) is 16.7. The van der Waals surface area contributed by atoms with Crippen molar-refractivity contribution in [2.75, 3.05) is 0 Å². The van der Waals surface area contributed by atoms with Crippen LogP contribution in [0.15, 0.2) is 48.5 Å². The summed E-state index contributed by atoms with van der Waals surface area (Å²) in [4.78, 5) is 9.27. The van der Waals surface area contributed by atoms with Gasteiger partial charge in [-0.15, -0.1) is 0 Å². The van der Waals surface area contributed by atoms with Crippen molar-refractivity contribution in [1.82, 2.24) is 19.1 Å². The summed E-state index contributed by atoms with van der Waals surface area (Å²) in [5, 5.41) is 19.7. The van der Waals surface area contributed by atoms with E-state index in [4.69, 9.17) is 0 Å². The molecular weight excluding hydrogens is 352 g/mol. The van der Waals surface area contributed by atoms with Gasteiger partial charge in [-0.25, -0.2) is 9.97 Å². The Balaban J connectivity index is 1.90. The zero-order valence-electron chi connectivity index (χ0n) is 15.0. The van der Waals surface area contributed by atoms with Crippen molar-refractivity contribution < 1.29 is 10.2 Å². The lowest BCUT2D eigenvalue weighted by Crippen LogP contribution is -1.95. The molecule has 0 aliphatic carbocycles. The van der Waals surface area contributed by atoms with E-state index >= 15 is 0 Å². The number of fused-ring (bicyclic) bond motifs is 8. The van der Waals surface area contributed by atoms with Crippen molar-refractivity contribution in [2.45, 2.75) is 13.5 Å². The molecule has 6 nitrogen and oxygen atoms in total. The molecule has 0 amide bonds. The molecule has 2 aliphatic rings. The second kappa shape index (κ2) is 6.60. The van der Waals surface area contributed by atoms with E-state index in [0.29, 0.717) is 0 Å². The highest BCUT2D eigenvalue weighted by atomic mass is 16.3. The monoisotopic (exact) mass is 370 g/mol. The number of aromatic nitrogens is 4. The molecule has 2 N–H and O–H groups in total. The minimum Gasteiger partial charge on any atom is -0.376 e. The van der Waals surface area contributed by atoms with Crippen LogP contribution < -0.4 is 0 Å². The van der Waals surface area contributed by atoms with Gasteiger partial charge in [0, 0.05) is 22.1 Å². The molecule has 0 aromatic carbocycles. The van der Waals surface area contributed by atoms with Crippen LogP contribution in [0.1, 0.15) is 22.8 Å². The van der Waals surface area contributed by atoms with Gasteiger partial charge in [-0.2, -0.15) is 0 Å². The molecule has 0 fully saturated rings. The second-order valence-electron chi connectivity index (χ2n) is 6.67. The lowest BCUT2D eigenvalue weighted by Gasteiger charge is -2.01. The average Bonchev–Trinajstić information content (AvgIpc) is 3.46. The summed E-state index contributed by atoms with van der Waals surface area (Å²) in [6.07, 6.45) is 7.75. The second-order valence-corrected chi connectivity index (χ2v) is 6.67. The van der Waals surface area contributed by atoms with Crippen LogP contribution >= 0.6 is 0 Å². The molecule has 8 bridgehead atoms. The van der Waals surface area contributed by atoms with Gasteiger partial charge >= 0.3 is 0 Å². The Morgan fingerprint density at radius 2 is 0.821 bits per heavy atom. The van der Waals surface area contributed by atoms with Crippen LogP contribution in [0.25, 0.3) is 46.4 Å². The molecule has 2 aliphatic heterocycles. The van der Waals surface area contributed by atoms with E-state index in [1.165, 1.54) is 0 Å². The highest BCUT2D eigenvalue weighted by Crippen LogP contribution is 2.20. The average molecular weight is 370 g/mol. The third-order valence-electron chi connectivity index (χ3n) is 4.93. The number of aliphatic hydroxyl groups is 2. The highest BCUT2D eigenvalue weighted by Gasteiger charge is 2.05. The van der Waals surface area contributed by atoms with E-state index in [9.17, 15) is 10.2 Å². The summed E-state index contributed by atoms with van der Waals surface area (Å²) >= 11 is 0. The van der Waals surface area contributed by atoms with Crippen molar-refractivity contribution in [1.29, 1.82) is 0 Å². The molecule has 0 unspecified atom stereocenters. The van der Waals surface area contributed by atoms with E-state index in [1.807, 2.05) is 82.0 Å². The molecule has 138 valence electrons. The predicted molar refractivity (Wildman–Crippen MR) is 111 cm³/mol. The largest absolute Gasteiger partial charge is 0.376 e. The Kier molecular flexibility index (Phi) is 3.93. The minimum absolute atomic E-state index is 0.130. The molecule has 0 atom stereocenters. The number of hydrogen-bond donors (Lipinski definition) is 2. The van der Waals surface area contributed by atoms with E-state index in [-0.39, 0.29) is 13.5 Å². The molecule has 28 heavy (non-hydrogen) atoms. The zero-order chi connectivity index (χ0) is 19.1. The molecule has 0 spiro atoms. The van der Waals surface area contributed by atoms with Crippen LogP contribution in [0.4, 0.5) is 0 Å². The third kappa shape index (κ3) is 2.85. The number of rotatable bonds is 2. The fraction of sp³-hybridized carbons (Fsp3) is 0.0909. The van der Waals surface area contributed by atoms with Crippen molar-refractivity contribution in [2.24, 2.45) is 0 Å². The van der Waals surface area contributed by atoms with Crippen LogP contribution in [0.2, 0.25) is 0 Å². The smallest absolute Gasteiger partial charge is 0.120 e. The third-order valence-corrected chi connectivity index (χ3v) is 4.93. The Bertz CT molecular complexity index is 1110. The Labute approximate surface area is 161 Å². The van der Waals surface area contributed by atoms with Crippen molar-refractivity contribution >= 4 is 46.4 Å². The fourth-order valence-electron chi connectivity index (χ4n) is 3.55. The topological polar surface area (TPSA) is 76.1 Å². The van der Waals surface area contributed by atoms with Gasteiger partial charge in [0.25, 0.3) is 0 Å². The predicted octanol–water partition coefficient (Wildman–Crippen LogP) is 3.50. The minimum atomic E-state index is -0.130. The summed E-state index contributed by atoms with van der Waals surface area (Å²) in [6, 6.07) is 15.6. The first-order valence-corrected chi connectivity index (χ1v) is 9.01. The Morgan fingerprint density at radius 1 is 0.536 bits per heavy atom. The number of aliphatic hydroxyl groups excluding tert-OH is 2. The van der Waals surface area contributed by atoms with Gasteiger partial charge in [-0.3, -0.25) is 0 Å². The zero-order valence-corrected chi connectivity index (χ0v) is 15.0. The van der Waals surface area contributed by atoms with Gasteiger partial charge in [0.05, 0.1) is 22.8 Å². The van der Waals surface area contributed by atoms with E-state index < -0.39 is 0 Å².